The van der Waals surface area contributed by atoms with Crippen molar-refractivity contribution in [3.05, 3.63) is 24.4 Å². The second-order valence-electron chi connectivity index (χ2n) is 5.59. The van der Waals surface area contributed by atoms with Crippen molar-refractivity contribution in [2.75, 3.05) is 17.6 Å². The molecule has 5 N–H and O–H groups in total. The van der Waals surface area contributed by atoms with Crippen molar-refractivity contribution >= 4 is 39.0 Å². The van der Waals surface area contributed by atoms with E-state index in [-0.39, 0.29) is 12.5 Å². The largest absolute Gasteiger partial charge is 0.384 e. The molecule has 1 aliphatic carbocycles. The fourth-order valence-electron chi connectivity index (χ4n) is 2.38. The average molecular weight is 328 g/mol. The molecule has 0 bridgehead atoms. The van der Waals surface area contributed by atoms with E-state index in [1.165, 1.54) is 0 Å². The van der Waals surface area contributed by atoms with E-state index in [1.807, 2.05) is 12.1 Å². The number of nitrogens with zero attached hydrogens (tertiary/aromatic N) is 2. The highest BCUT2D eigenvalue weighted by atomic mass is 32.1. The van der Waals surface area contributed by atoms with Gasteiger partial charge in [0.15, 0.2) is 0 Å². The van der Waals surface area contributed by atoms with Crippen LogP contribution in [-0.4, -0.2) is 33.7 Å². The summed E-state index contributed by atoms with van der Waals surface area (Å²) in [6.07, 6.45) is 3.87. The van der Waals surface area contributed by atoms with E-state index in [4.69, 9.17) is 5.73 Å². The Balaban J connectivity index is 1.61. The normalized spacial score (nSPS) is 14.1. The highest BCUT2D eigenvalue weighted by Crippen LogP contribution is 2.36. The Morgan fingerprint density at radius 3 is 3.04 bits per heavy atom. The molecular formula is C15H16N6OS. The summed E-state index contributed by atoms with van der Waals surface area (Å²) in [5.74, 6) is 0.429. The predicted molar refractivity (Wildman–Crippen MR) is 91.3 cm³/mol. The third-order valence-electron chi connectivity index (χ3n) is 3.65. The van der Waals surface area contributed by atoms with Crippen LogP contribution >= 0.6 is 11.3 Å². The standard InChI is InChI=1S/C15H16N6OS/c16-13-6-10(17-7-14(22)19-8-1-2-8)15-11(20-13)5-12(23-15)9-3-4-18-21-9/h3-6,8H,1-2,7H2,(H,18,21)(H,19,22)(H3,16,17,20). The molecule has 0 saturated heterocycles. The molecule has 0 aliphatic heterocycles. The molecule has 1 amide bonds. The first kappa shape index (κ1) is 14.0. The molecule has 8 heteroatoms. The van der Waals surface area contributed by atoms with E-state index in [0.717, 1.165) is 39.3 Å². The van der Waals surface area contributed by atoms with Gasteiger partial charge in [-0.05, 0) is 25.0 Å². The van der Waals surface area contributed by atoms with Crippen molar-refractivity contribution in [2.45, 2.75) is 18.9 Å². The summed E-state index contributed by atoms with van der Waals surface area (Å²) >= 11 is 1.58. The van der Waals surface area contributed by atoms with E-state index in [1.54, 1.807) is 23.6 Å². The SMILES string of the molecule is Nc1cc(NCC(=O)NC2CC2)c2sc(-c3ccn[nH]3)cc2n1. The monoisotopic (exact) mass is 328 g/mol. The Kier molecular flexibility index (Phi) is 3.38. The van der Waals surface area contributed by atoms with Crippen LogP contribution in [0.15, 0.2) is 24.4 Å². The van der Waals surface area contributed by atoms with Crippen molar-refractivity contribution in [3.8, 4) is 10.6 Å². The molecule has 0 spiro atoms. The highest BCUT2D eigenvalue weighted by molar-refractivity contribution is 7.22. The third kappa shape index (κ3) is 2.98. The number of carbonyl (C=O) groups is 1. The summed E-state index contributed by atoms with van der Waals surface area (Å²) in [6, 6.07) is 6.00. The first-order valence-electron chi connectivity index (χ1n) is 7.42. The number of fused-ring (bicyclic) bond motifs is 1. The fraction of sp³-hybridized carbons (Fsp3) is 0.267. The lowest BCUT2D eigenvalue weighted by Gasteiger charge is -2.08. The van der Waals surface area contributed by atoms with Crippen LogP contribution in [0.2, 0.25) is 0 Å². The number of anilines is 2. The zero-order valence-electron chi connectivity index (χ0n) is 12.3. The summed E-state index contributed by atoms with van der Waals surface area (Å²) in [4.78, 5) is 17.2. The van der Waals surface area contributed by atoms with Gasteiger partial charge in [0.1, 0.15) is 5.82 Å². The van der Waals surface area contributed by atoms with E-state index in [0.29, 0.717) is 11.9 Å². The van der Waals surface area contributed by atoms with Gasteiger partial charge in [-0.25, -0.2) is 4.98 Å². The molecule has 118 valence electrons. The number of nitrogens with one attached hydrogen (secondary N) is 3. The van der Waals surface area contributed by atoms with Gasteiger partial charge in [0.25, 0.3) is 0 Å². The summed E-state index contributed by atoms with van der Waals surface area (Å²) in [5.41, 5.74) is 8.45. The number of H-pyrrole nitrogens is 1. The lowest BCUT2D eigenvalue weighted by Crippen LogP contribution is -2.31. The lowest BCUT2D eigenvalue weighted by atomic mass is 10.3. The maximum absolute atomic E-state index is 11.8. The number of hydrogen-bond donors (Lipinski definition) is 4. The average Bonchev–Trinajstić information content (AvgIpc) is 3.03. The number of aromatic amines is 1. The molecule has 0 unspecified atom stereocenters. The molecule has 0 aromatic carbocycles. The number of carbonyl (C=O) groups excluding carboxylic acids is 1. The molecular weight excluding hydrogens is 312 g/mol. The lowest BCUT2D eigenvalue weighted by molar-refractivity contribution is -0.119. The number of hydrogen-bond acceptors (Lipinski definition) is 6. The number of pyridine rings is 1. The number of aromatic nitrogens is 3. The number of nitrogens with two attached hydrogens (primary N) is 1. The fourth-order valence-corrected chi connectivity index (χ4v) is 3.45. The zero-order valence-corrected chi connectivity index (χ0v) is 13.1. The molecule has 1 fully saturated rings. The Morgan fingerprint density at radius 2 is 2.30 bits per heavy atom. The van der Waals surface area contributed by atoms with Gasteiger partial charge in [-0.3, -0.25) is 9.89 Å². The van der Waals surface area contributed by atoms with Crippen molar-refractivity contribution in [1.82, 2.24) is 20.5 Å². The van der Waals surface area contributed by atoms with Crippen molar-refractivity contribution in [3.63, 3.8) is 0 Å². The van der Waals surface area contributed by atoms with Gasteiger partial charge in [-0.1, -0.05) is 0 Å². The molecule has 3 aromatic heterocycles. The van der Waals surface area contributed by atoms with Crippen LogP contribution in [0.5, 0.6) is 0 Å². The molecule has 3 aromatic rings. The van der Waals surface area contributed by atoms with E-state index in [2.05, 4.69) is 25.8 Å². The van der Waals surface area contributed by atoms with Crippen molar-refractivity contribution in [1.29, 1.82) is 0 Å². The van der Waals surface area contributed by atoms with Crippen LogP contribution in [0.4, 0.5) is 11.5 Å². The first-order valence-corrected chi connectivity index (χ1v) is 8.24. The number of thiophene rings is 1. The van der Waals surface area contributed by atoms with Gasteiger partial charge in [0.2, 0.25) is 5.91 Å². The molecule has 1 aliphatic rings. The maximum Gasteiger partial charge on any atom is 0.239 e. The first-order chi connectivity index (χ1) is 11.2. The summed E-state index contributed by atoms with van der Waals surface area (Å²) in [7, 11) is 0. The molecule has 4 rings (SSSR count). The predicted octanol–water partition coefficient (Wildman–Crippen LogP) is 1.96. The van der Waals surface area contributed by atoms with Gasteiger partial charge in [-0.15, -0.1) is 11.3 Å². The highest BCUT2D eigenvalue weighted by Gasteiger charge is 2.23. The molecule has 0 atom stereocenters. The van der Waals surface area contributed by atoms with Gasteiger partial charge in [-0.2, -0.15) is 5.10 Å². The van der Waals surface area contributed by atoms with Crippen molar-refractivity contribution < 1.29 is 4.79 Å². The Morgan fingerprint density at radius 1 is 1.43 bits per heavy atom. The summed E-state index contributed by atoms with van der Waals surface area (Å²) in [5, 5.41) is 13.0. The summed E-state index contributed by atoms with van der Waals surface area (Å²) < 4.78 is 0.975. The molecule has 1 saturated carbocycles. The van der Waals surface area contributed by atoms with E-state index in [9.17, 15) is 4.79 Å². The van der Waals surface area contributed by atoms with Gasteiger partial charge in [0.05, 0.1) is 33.0 Å². The second kappa shape index (κ2) is 5.54. The van der Waals surface area contributed by atoms with Crippen LogP contribution < -0.4 is 16.4 Å². The maximum atomic E-state index is 11.8. The van der Waals surface area contributed by atoms with Gasteiger partial charge >= 0.3 is 0 Å². The van der Waals surface area contributed by atoms with E-state index >= 15 is 0 Å². The van der Waals surface area contributed by atoms with Crippen LogP contribution in [0, 0.1) is 0 Å². The van der Waals surface area contributed by atoms with Crippen LogP contribution in [0.3, 0.4) is 0 Å². The Hall–Kier alpha value is -2.61. The van der Waals surface area contributed by atoms with Crippen LogP contribution in [0.1, 0.15) is 12.8 Å². The summed E-state index contributed by atoms with van der Waals surface area (Å²) in [6.45, 7) is 0.229. The smallest absolute Gasteiger partial charge is 0.239 e. The number of amides is 1. The minimum atomic E-state index is 0.00128. The number of rotatable bonds is 5. The van der Waals surface area contributed by atoms with Crippen molar-refractivity contribution in [2.24, 2.45) is 0 Å². The zero-order chi connectivity index (χ0) is 15.8. The molecule has 0 radical (unpaired) electrons. The van der Waals surface area contributed by atoms with Gasteiger partial charge < -0.3 is 16.4 Å². The van der Waals surface area contributed by atoms with Crippen LogP contribution in [-0.2, 0) is 4.79 Å². The van der Waals surface area contributed by atoms with Crippen LogP contribution in [0.25, 0.3) is 20.8 Å². The third-order valence-corrected chi connectivity index (χ3v) is 4.84. The molecule has 7 nitrogen and oxygen atoms in total. The number of nitrogen functional groups attached to an aromatic ring is 1. The minimum absolute atomic E-state index is 0.00128. The van der Waals surface area contributed by atoms with Gasteiger partial charge in [0, 0.05) is 18.3 Å². The topological polar surface area (TPSA) is 109 Å². The molecule has 3 heterocycles. The minimum Gasteiger partial charge on any atom is -0.384 e. The molecule has 23 heavy (non-hydrogen) atoms. The Labute approximate surface area is 136 Å². The quantitative estimate of drug-likeness (QED) is 0.572. The second-order valence-corrected chi connectivity index (χ2v) is 6.64. The Bertz CT molecular complexity index is 852. The van der Waals surface area contributed by atoms with E-state index < -0.39 is 0 Å².